The molecule has 1 heterocycles. The van der Waals surface area contributed by atoms with Gasteiger partial charge in [-0.05, 0) is 12.1 Å². The minimum Gasteiger partial charge on any atom is -0.392 e. The van der Waals surface area contributed by atoms with Crippen LogP contribution in [0.3, 0.4) is 0 Å². The summed E-state index contributed by atoms with van der Waals surface area (Å²) in [6.07, 6.45) is 0.734. The molecule has 1 aromatic carbocycles. The van der Waals surface area contributed by atoms with Crippen LogP contribution in [-0.4, -0.2) is 11.4 Å². The number of aldehydes is 1. The van der Waals surface area contributed by atoms with Crippen molar-refractivity contribution in [2.45, 2.75) is 6.61 Å². The first-order chi connectivity index (χ1) is 6.76. The van der Waals surface area contributed by atoms with Crippen molar-refractivity contribution in [1.82, 2.24) is 0 Å². The second-order valence-corrected chi connectivity index (χ2v) is 3.82. The lowest BCUT2D eigenvalue weighted by molar-refractivity contribution is 0.112. The molecule has 0 aliphatic carbocycles. The molecule has 4 heteroatoms. The zero-order valence-corrected chi connectivity index (χ0v) is 7.97. The molecule has 0 atom stereocenters. The van der Waals surface area contributed by atoms with Crippen molar-refractivity contribution in [3.8, 4) is 0 Å². The van der Waals surface area contributed by atoms with Gasteiger partial charge in [-0.25, -0.2) is 4.39 Å². The van der Waals surface area contributed by atoms with E-state index in [2.05, 4.69) is 0 Å². The molecule has 0 saturated heterocycles. The number of carbonyl (C=O) groups is 1. The van der Waals surface area contributed by atoms with Crippen molar-refractivity contribution in [2.75, 3.05) is 0 Å². The standard InChI is InChI=1S/C10H7FO2S/c11-9-2-10-8(1-6(9)3-12)7(4-13)5-14-10/h1-2,4-5,12H,3H2. The van der Waals surface area contributed by atoms with Crippen molar-refractivity contribution >= 4 is 27.7 Å². The largest absolute Gasteiger partial charge is 0.392 e. The third-order valence-corrected chi connectivity index (χ3v) is 3.03. The van der Waals surface area contributed by atoms with Crippen LogP contribution in [0.25, 0.3) is 10.1 Å². The Hall–Kier alpha value is -1.26. The Morgan fingerprint density at radius 2 is 2.29 bits per heavy atom. The van der Waals surface area contributed by atoms with Gasteiger partial charge in [-0.2, -0.15) is 0 Å². The fourth-order valence-corrected chi connectivity index (χ4v) is 2.24. The summed E-state index contributed by atoms with van der Waals surface area (Å²) in [5, 5.41) is 11.2. The summed E-state index contributed by atoms with van der Waals surface area (Å²) in [6, 6.07) is 2.86. The number of rotatable bonds is 2. The highest BCUT2D eigenvalue weighted by molar-refractivity contribution is 7.17. The summed E-state index contributed by atoms with van der Waals surface area (Å²) in [4.78, 5) is 10.6. The summed E-state index contributed by atoms with van der Waals surface area (Å²) in [7, 11) is 0. The van der Waals surface area contributed by atoms with Gasteiger partial charge in [0.1, 0.15) is 5.82 Å². The molecule has 0 fully saturated rings. The molecular weight excluding hydrogens is 203 g/mol. The first-order valence-corrected chi connectivity index (χ1v) is 4.90. The maximum atomic E-state index is 13.2. The van der Waals surface area contributed by atoms with E-state index in [1.54, 1.807) is 5.38 Å². The quantitative estimate of drug-likeness (QED) is 0.772. The molecular formula is C10H7FO2S. The number of hydrogen-bond acceptors (Lipinski definition) is 3. The van der Waals surface area contributed by atoms with E-state index in [0.717, 1.165) is 11.0 Å². The topological polar surface area (TPSA) is 37.3 Å². The second-order valence-electron chi connectivity index (χ2n) is 2.91. The highest BCUT2D eigenvalue weighted by Crippen LogP contribution is 2.27. The Morgan fingerprint density at radius 1 is 1.50 bits per heavy atom. The number of fused-ring (bicyclic) bond motifs is 1. The van der Waals surface area contributed by atoms with Crippen molar-refractivity contribution in [2.24, 2.45) is 0 Å². The van der Waals surface area contributed by atoms with Crippen LogP contribution in [0.1, 0.15) is 15.9 Å². The van der Waals surface area contributed by atoms with Crippen LogP contribution in [0.15, 0.2) is 17.5 Å². The predicted molar refractivity (Wildman–Crippen MR) is 53.1 cm³/mol. The van der Waals surface area contributed by atoms with Crippen molar-refractivity contribution < 1.29 is 14.3 Å². The first-order valence-electron chi connectivity index (χ1n) is 4.02. The summed E-state index contributed by atoms with van der Waals surface area (Å²) in [6.45, 7) is -0.351. The minimum atomic E-state index is -0.431. The van der Waals surface area contributed by atoms with Gasteiger partial charge in [-0.3, -0.25) is 4.79 Å². The third kappa shape index (κ3) is 1.32. The lowest BCUT2D eigenvalue weighted by Crippen LogP contribution is -1.89. The van der Waals surface area contributed by atoms with Crippen LogP contribution >= 0.6 is 11.3 Å². The number of thiophene rings is 1. The Kier molecular flexibility index (Phi) is 2.31. The van der Waals surface area contributed by atoms with Crippen molar-refractivity contribution in [3.05, 3.63) is 34.5 Å². The normalized spacial score (nSPS) is 10.7. The SMILES string of the molecule is O=Cc1csc2cc(F)c(CO)cc12. The summed E-state index contributed by atoms with van der Waals surface area (Å²) < 4.78 is 13.9. The molecule has 72 valence electrons. The third-order valence-electron chi connectivity index (χ3n) is 2.07. The average molecular weight is 210 g/mol. The molecule has 0 unspecified atom stereocenters. The van der Waals surface area contributed by atoms with E-state index < -0.39 is 5.82 Å². The molecule has 0 bridgehead atoms. The number of halogens is 1. The Balaban J connectivity index is 2.76. The van der Waals surface area contributed by atoms with Gasteiger partial charge in [0, 0.05) is 26.6 Å². The minimum absolute atomic E-state index is 0.221. The van der Waals surface area contributed by atoms with Crippen LogP contribution < -0.4 is 0 Å². The predicted octanol–water partition coefficient (Wildman–Crippen LogP) is 2.35. The van der Waals surface area contributed by atoms with E-state index in [4.69, 9.17) is 5.11 Å². The van der Waals surface area contributed by atoms with Crippen LogP contribution in [0.4, 0.5) is 4.39 Å². The monoisotopic (exact) mass is 210 g/mol. The summed E-state index contributed by atoms with van der Waals surface area (Å²) >= 11 is 1.32. The van der Waals surface area contributed by atoms with Gasteiger partial charge >= 0.3 is 0 Å². The number of benzene rings is 1. The van der Waals surface area contributed by atoms with Gasteiger partial charge in [0.2, 0.25) is 0 Å². The average Bonchev–Trinajstić information content (AvgIpc) is 2.58. The highest BCUT2D eigenvalue weighted by Gasteiger charge is 2.08. The van der Waals surface area contributed by atoms with E-state index in [1.807, 2.05) is 0 Å². The zero-order chi connectivity index (χ0) is 10.1. The second kappa shape index (κ2) is 3.48. The highest BCUT2D eigenvalue weighted by atomic mass is 32.1. The van der Waals surface area contributed by atoms with Crippen LogP contribution in [0.2, 0.25) is 0 Å². The zero-order valence-electron chi connectivity index (χ0n) is 7.16. The van der Waals surface area contributed by atoms with Gasteiger partial charge < -0.3 is 5.11 Å². The van der Waals surface area contributed by atoms with E-state index in [9.17, 15) is 9.18 Å². The smallest absolute Gasteiger partial charge is 0.151 e. The Morgan fingerprint density at radius 3 is 2.93 bits per heavy atom. The molecule has 1 aromatic heterocycles. The molecule has 2 nitrogen and oxygen atoms in total. The number of carbonyl (C=O) groups excluding carboxylic acids is 1. The van der Waals surface area contributed by atoms with Crippen LogP contribution in [0.5, 0.6) is 0 Å². The van der Waals surface area contributed by atoms with Gasteiger partial charge in [0.05, 0.1) is 6.61 Å². The van der Waals surface area contributed by atoms with Gasteiger partial charge in [-0.15, -0.1) is 11.3 Å². The first kappa shape index (κ1) is 9.30. The van der Waals surface area contributed by atoms with Gasteiger partial charge in [0.25, 0.3) is 0 Å². The molecule has 0 radical (unpaired) electrons. The van der Waals surface area contributed by atoms with E-state index in [0.29, 0.717) is 10.9 Å². The molecule has 0 amide bonds. The molecule has 0 aliphatic heterocycles. The lowest BCUT2D eigenvalue weighted by atomic mass is 10.1. The molecule has 0 spiro atoms. The van der Waals surface area contributed by atoms with E-state index in [-0.39, 0.29) is 12.2 Å². The van der Waals surface area contributed by atoms with Crippen molar-refractivity contribution in [3.63, 3.8) is 0 Å². The fourth-order valence-electron chi connectivity index (χ4n) is 1.33. The summed E-state index contributed by atoms with van der Waals surface area (Å²) in [5.41, 5.74) is 0.763. The van der Waals surface area contributed by atoms with Crippen LogP contribution in [0, 0.1) is 5.82 Å². The maximum Gasteiger partial charge on any atom is 0.151 e. The van der Waals surface area contributed by atoms with Crippen LogP contribution in [-0.2, 0) is 6.61 Å². The van der Waals surface area contributed by atoms with Gasteiger partial charge in [0.15, 0.2) is 6.29 Å². The maximum absolute atomic E-state index is 13.2. The van der Waals surface area contributed by atoms with E-state index >= 15 is 0 Å². The molecule has 2 aromatic rings. The fraction of sp³-hybridized carbons (Fsp3) is 0.100. The molecule has 14 heavy (non-hydrogen) atoms. The Bertz CT molecular complexity index is 490. The lowest BCUT2D eigenvalue weighted by Gasteiger charge is -1.99. The van der Waals surface area contributed by atoms with E-state index in [1.165, 1.54) is 23.5 Å². The molecule has 0 aliphatic rings. The number of hydrogen-bond donors (Lipinski definition) is 1. The molecule has 0 saturated carbocycles. The molecule has 1 N–H and O–H groups in total. The number of aliphatic hydroxyl groups is 1. The molecule has 2 rings (SSSR count). The Labute approximate surface area is 83.6 Å². The van der Waals surface area contributed by atoms with Crippen molar-refractivity contribution in [1.29, 1.82) is 0 Å². The van der Waals surface area contributed by atoms with Gasteiger partial charge in [-0.1, -0.05) is 0 Å². The summed E-state index contributed by atoms with van der Waals surface area (Å²) in [5.74, 6) is -0.431. The number of aliphatic hydroxyl groups excluding tert-OH is 1.